The summed E-state index contributed by atoms with van der Waals surface area (Å²) in [5.74, 6) is -0.912. The van der Waals surface area contributed by atoms with Crippen LogP contribution in [0, 0.1) is 5.41 Å². The lowest BCUT2D eigenvalue weighted by molar-refractivity contribution is -0.151. The van der Waals surface area contributed by atoms with Crippen LogP contribution >= 0.6 is 0 Å². The minimum absolute atomic E-state index is 0.0229. The number of piperidine rings is 1. The van der Waals surface area contributed by atoms with Crippen molar-refractivity contribution in [1.29, 1.82) is 0 Å². The van der Waals surface area contributed by atoms with Crippen LogP contribution in [0.2, 0.25) is 0 Å². The van der Waals surface area contributed by atoms with Gasteiger partial charge >= 0.3 is 5.97 Å². The van der Waals surface area contributed by atoms with Gasteiger partial charge in [0.25, 0.3) is 10.0 Å². The molecular weight excluding hydrogens is 294 g/mol. The Morgan fingerprint density at radius 1 is 1.52 bits per heavy atom. The molecule has 7 nitrogen and oxygen atoms in total. The second-order valence-corrected chi connectivity index (χ2v) is 7.54. The number of hydrogen-bond acceptors (Lipinski definition) is 4. The summed E-state index contributed by atoms with van der Waals surface area (Å²) < 4.78 is 28.0. The molecule has 0 spiro atoms. The van der Waals surface area contributed by atoms with Crippen LogP contribution < -0.4 is 0 Å². The molecule has 1 N–H and O–H groups in total. The molecule has 118 valence electrons. The molecule has 0 aliphatic carbocycles. The largest absolute Gasteiger partial charge is 0.481 e. The number of carboxylic acids is 1. The molecule has 0 bridgehead atoms. The number of hydrogen-bond donors (Lipinski definition) is 1. The highest BCUT2D eigenvalue weighted by Gasteiger charge is 2.45. The topological polar surface area (TPSA) is 92.5 Å². The third kappa shape index (κ3) is 2.96. The Kier molecular flexibility index (Phi) is 4.38. The van der Waals surface area contributed by atoms with Crippen LogP contribution in [-0.2, 0) is 21.9 Å². The molecule has 21 heavy (non-hydrogen) atoms. The van der Waals surface area contributed by atoms with E-state index < -0.39 is 21.4 Å². The molecule has 1 atom stereocenters. The van der Waals surface area contributed by atoms with Gasteiger partial charge in [0.2, 0.25) is 0 Å². The molecule has 2 heterocycles. The van der Waals surface area contributed by atoms with Gasteiger partial charge in [-0.3, -0.25) is 4.79 Å². The van der Waals surface area contributed by atoms with Gasteiger partial charge in [0, 0.05) is 26.3 Å². The van der Waals surface area contributed by atoms with Crippen molar-refractivity contribution in [3.63, 3.8) is 0 Å². The number of aliphatic carboxylic acids is 1. The molecular formula is C13H21N3O4S. The Morgan fingerprint density at radius 3 is 2.76 bits per heavy atom. The van der Waals surface area contributed by atoms with E-state index in [2.05, 4.69) is 4.98 Å². The molecule has 1 unspecified atom stereocenters. The fourth-order valence-corrected chi connectivity index (χ4v) is 4.44. The number of nitrogens with zero attached hydrogens (tertiary/aromatic N) is 3. The molecule has 1 aromatic heterocycles. The van der Waals surface area contributed by atoms with E-state index in [1.807, 2.05) is 6.92 Å². The fourth-order valence-electron chi connectivity index (χ4n) is 2.91. The normalized spacial score (nSPS) is 24.1. The van der Waals surface area contributed by atoms with Gasteiger partial charge in [0.15, 0.2) is 5.03 Å². The van der Waals surface area contributed by atoms with E-state index in [-0.39, 0.29) is 11.6 Å². The number of rotatable bonds is 5. The van der Waals surface area contributed by atoms with Gasteiger partial charge in [0.1, 0.15) is 0 Å². The van der Waals surface area contributed by atoms with Gasteiger partial charge in [-0.15, -0.1) is 0 Å². The summed E-state index contributed by atoms with van der Waals surface area (Å²) >= 11 is 0. The van der Waals surface area contributed by atoms with Crippen molar-refractivity contribution in [2.75, 3.05) is 13.1 Å². The van der Waals surface area contributed by atoms with Gasteiger partial charge in [0.05, 0.1) is 11.7 Å². The molecule has 0 aromatic carbocycles. The summed E-state index contributed by atoms with van der Waals surface area (Å²) in [5, 5.41) is 9.51. The van der Waals surface area contributed by atoms with Crippen molar-refractivity contribution in [3.8, 4) is 0 Å². The third-order valence-corrected chi connectivity index (χ3v) is 5.74. The van der Waals surface area contributed by atoms with Crippen LogP contribution in [-0.4, -0.2) is 46.4 Å². The highest BCUT2D eigenvalue weighted by molar-refractivity contribution is 7.89. The quantitative estimate of drug-likeness (QED) is 0.877. The summed E-state index contributed by atoms with van der Waals surface area (Å²) in [5.41, 5.74) is -0.977. The van der Waals surface area contributed by atoms with E-state index >= 15 is 0 Å². The molecule has 8 heteroatoms. The van der Waals surface area contributed by atoms with Gasteiger partial charge in [-0.05, 0) is 19.3 Å². The second-order valence-electron chi connectivity index (χ2n) is 5.66. The SMILES string of the molecule is CCCC1(C(=O)O)CCCN(S(=O)(=O)c2cn(C)cn2)C1. The Hall–Kier alpha value is -1.41. The maximum Gasteiger partial charge on any atom is 0.310 e. The maximum absolute atomic E-state index is 12.6. The van der Waals surface area contributed by atoms with E-state index in [1.165, 1.54) is 16.8 Å². The summed E-state index contributed by atoms with van der Waals surface area (Å²) in [6.45, 7) is 2.28. The lowest BCUT2D eigenvalue weighted by Gasteiger charge is -2.38. The summed E-state index contributed by atoms with van der Waals surface area (Å²) in [6, 6.07) is 0. The van der Waals surface area contributed by atoms with Crippen LogP contribution in [0.25, 0.3) is 0 Å². The van der Waals surface area contributed by atoms with Crippen molar-refractivity contribution in [2.45, 2.75) is 37.6 Å². The van der Waals surface area contributed by atoms with E-state index in [4.69, 9.17) is 0 Å². The predicted molar refractivity (Wildman–Crippen MR) is 76.2 cm³/mol. The van der Waals surface area contributed by atoms with Gasteiger partial charge in [-0.1, -0.05) is 13.3 Å². The molecule has 0 radical (unpaired) electrons. The van der Waals surface area contributed by atoms with Crippen LogP contribution in [0.15, 0.2) is 17.6 Å². The van der Waals surface area contributed by atoms with E-state index in [0.717, 1.165) is 0 Å². The molecule has 0 amide bonds. The van der Waals surface area contributed by atoms with Crippen LogP contribution in [0.5, 0.6) is 0 Å². The smallest absolute Gasteiger partial charge is 0.310 e. The Morgan fingerprint density at radius 2 is 2.24 bits per heavy atom. The van der Waals surface area contributed by atoms with Crippen LogP contribution in [0.3, 0.4) is 0 Å². The predicted octanol–water partition coefficient (Wildman–Crippen LogP) is 1.08. The Labute approximate surface area is 124 Å². The molecule has 2 rings (SSSR count). The van der Waals surface area contributed by atoms with E-state index in [0.29, 0.717) is 32.2 Å². The van der Waals surface area contributed by atoms with Gasteiger partial charge < -0.3 is 9.67 Å². The maximum atomic E-state index is 12.6. The first-order chi connectivity index (χ1) is 9.82. The van der Waals surface area contributed by atoms with E-state index in [9.17, 15) is 18.3 Å². The number of imidazole rings is 1. The van der Waals surface area contributed by atoms with Crippen LogP contribution in [0.4, 0.5) is 0 Å². The molecule has 0 saturated carbocycles. The zero-order chi connectivity index (χ0) is 15.7. The monoisotopic (exact) mass is 315 g/mol. The van der Waals surface area contributed by atoms with Crippen molar-refractivity contribution in [3.05, 3.63) is 12.5 Å². The first-order valence-electron chi connectivity index (χ1n) is 7.03. The zero-order valence-corrected chi connectivity index (χ0v) is 13.1. The van der Waals surface area contributed by atoms with Gasteiger partial charge in [-0.2, -0.15) is 4.31 Å². The molecule has 1 aliphatic heterocycles. The number of sulfonamides is 1. The van der Waals surface area contributed by atoms with E-state index in [1.54, 1.807) is 11.6 Å². The number of carboxylic acid groups (broad SMARTS) is 1. The standard InChI is InChI=1S/C13H21N3O4S/c1-3-5-13(12(17)18)6-4-7-16(9-13)21(19,20)11-8-15(2)10-14-11/h8,10H,3-7,9H2,1-2H3,(H,17,18). The fraction of sp³-hybridized carbons (Fsp3) is 0.692. The number of aromatic nitrogens is 2. The highest BCUT2D eigenvalue weighted by atomic mass is 32.2. The lowest BCUT2D eigenvalue weighted by atomic mass is 9.77. The average Bonchev–Trinajstić information content (AvgIpc) is 2.86. The lowest BCUT2D eigenvalue weighted by Crippen LogP contribution is -2.49. The Bertz CT molecular complexity index is 621. The number of aryl methyl sites for hydroxylation is 1. The summed E-state index contributed by atoms with van der Waals surface area (Å²) in [7, 11) is -2.03. The highest BCUT2D eigenvalue weighted by Crippen LogP contribution is 2.36. The first-order valence-corrected chi connectivity index (χ1v) is 8.47. The minimum Gasteiger partial charge on any atom is -0.481 e. The van der Waals surface area contributed by atoms with Crippen molar-refractivity contribution in [1.82, 2.24) is 13.9 Å². The molecule has 1 saturated heterocycles. The average molecular weight is 315 g/mol. The summed E-state index contributed by atoms with van der Waals surface area (Å²) in [6.07, 6.45) is 5.13. The Balaban J connectivity index is 2.30. The minimum atomic E-state index is -3.73. The molecule has 1 aliphatic rings. The molecule has 1 fully saturated rings. The number of carbonyl (C=O) groups is 1. The van der Waals surface area contributed by atoms with Crippen molar-refractivity contribution in [2.24, 2.45) is 12.5 Å². The van der Waals surface area contributed by atoms with Gasteiger partial charge in [-0.25, -0.2) is 13.4 Å². The van der Waals surface area contributed by atoms with Crippen molar-refractivity contribution < 1.29 is 18.3 Å². The summed E-state index contributed by atoms with van der Waals surface area (Å²) in [4.78, 5) is 15.5. The second kappa shape index (κ2) is 5.76. The van der Waals surface area contributed by atoms with Crippen molar-refractivity contribution >= 4 is 16.0 Å². The third-order valence-electron chi connectivity index (χ3n) is 4.01. The first kappa shape index (κ1) is 16.0. The molecule has 1 aromatic rings. The van der Waals surface area contributed by atoms with Crippen LogP contribution in [0.1, 0.15) is 32.6 Å². The zero-order valence-electron chi connectivity index (χ0n) is 12.3.